The van der Waals surface area contributed by atoms with Gasteiger partial charge in [0.1, 0.15) is 0 Å². The van der Waals surface area contributed by atoms with Crippen LogP contribution in [0, 0.1) is 10.1 Å². The maximum absolute atomic E-state index is 13.0. The van der Waals surface area contributed by atoms with E-state index in [1.54, 1.807) is 4.90 Å². The Morgan fingerprint density at radius 1 is 1.13 bits per heavy atom. The average molecular weight is 439 g/mol. The minimum atomic E-state index is -4.68. The maximum atomic E-state index is 13.0. The second kappa shape index (κ2) is 9.92. The number of nitrogens with one attached hydrogen (secondary N) is 1. The number of non-ortho nitro benzene ring substituents is 1. The molecule has 0 fully saturated rings. The third-order valence-corrected chi connectivity index (χ3v) is 4.36. The van der Waals surface area contributed by atoms with Gasteiger partial charge in [-0.25, -0.2) is 4.79 Å². The van der Waals surface area contributed by atoms with E-state index in [-0.39, 0.29) is 11.3 Å². The van der Waals surface area contributed by atoms with Crippen LogP contribution in [0.1, 0.15) is 29.8 Å². The second-order valence-electron chi connectivity index (χ2n) is 6.30. The Balaban J connectivity index is 2.18. The number of carbonyl (C=O) groups excluding carboxylic acids is 2. The Morgan fingerprint density at radius 2 is 1.77 bits per heavy atom. The molecule has 0 aliphatic rings. The van der Waals surface area contributed by atoms with Gasteiger partial charge in [0.05, 0.1) is 27.4 Å². The Hall–Kier alpha value is -3.63. The lowest BCUT2D eigenvalue weighted by Gasteiger charge is -2.23. The first kappa shape index (κ1) is 23.6. The Labute approximate surface area is 175 Å². The highest BCUT2D eigenvalue weighted by atomic mass is 19.4. The van der Waals surface area contributed by atoms with Crippen molar-refractivity contribution >= 4 is 28.9 Å². The third-order valence-electron chi connectivity index (χ3n) is 4.36. The minimum absolute atomic E-state index is 0.124. The van der Waals surface area contributed by atoms with Crippen molar-refractivity contribution in [3.63, 3.8) is 0 Å². The predicted octanol–water partition coefficient (Wildman–Crippen LogP) is 4.26. The largest absolute Gasteiger partial charge is 0.452 e. The first-order chi connectivity index (χ1) is 14.6. The Bertz CT molecular complexity index is 975. The van der Waals surface area contributed by atoms with Crippen molar-refractivity contribution in [1.29, 1.82) is 0 Å². The van der Waals surface area contributed by atoms with Crippen LogP contribution >= 0.6 is 0 Å². The topological polar surface area (TPSA) is 102 Å². The van der Waals surface area contributed by atoms with Crippen LogP contribution in [0.4, 0.5) is 30.2 Å². The lowest BCUT2D eigenvalue weighted by atomic mass is 10.1. The number of amides is 1. The number of nitrogens with zero attached hydrogens (tertiary/aromatic N) is 2. The quantitative estimate of drug-likeness (QED) is 0.375. The Morgan fingerprint density at radius 3 is 2.35 bits per heavy atom. The van der Waals surface area contributed by atoms with Crippen molar-refractivity contribution in [3.05, 3.63) is 63.7 Å². The van der Waals surface area contributed by atoms with E-state index in [4.69, 9.17) is 4.74 Å². The molecule has 31 heavy (non-hydrogen) atoms. The fourth-order valence-electron chi connectivity index (χ4n) is 2.88. The van der Waals surface area contributed by atoms with Gasteiger partial charge in [0.15, 0.2) is 6.61 Å². The summed E-state index contributed by atoms with van der Waals surface area (Å²) in [6.07, 6.45) is -4.68. The van der Waals surface area contributed by atoms with Gasteiger partial charge in [0.2, 0.25) is 0 Å². The first-order valence-corrected chi connectivity index (χ1v) is 9.25. The number of hydrogen-bond acceptors (Lipinski definition) is 6. The summed E-state index contributed by atoms with van der Waals surface area (Å²) in [5, 5.41) is 13.1. The highest BCUT2D eigenvalue weighted by Crippen LogP contribution is 2.34. The highest BCUT2D eigenvalue weighted by Gasteiger charge is 2.33. The standard InChI is InChI=1S/C20H20F3N3O5/c1-3-25(4-2)17-10-9-13(26(29)30)11-14(17)19(28)31-12-18(27)24-16-8-6-5-7-15(16)20(21,22)23/h5-11H,3-4,12H2,1-2H3,(H,24,27). The van der Waals surface area contributed by atoms with Gasteiger partial charge in [-0.05, 0) is 32.0 Å². The summed E-state index contributed by atoms with van der Waals surface area (Å²) in [6.45, 7) is 3.79. The van der Waals surface area contributed by atoms with E-state index in [0.29, 0.717) is 18.8 Å². The van der Waals surface area contributed by atoms with Crippen LogP contribution in [0.15, 0.2) is 42.5 Å². The lowest BCUT2D eigenvalue weighted by Crippen LogP contribution is -2.26. The summed E-state index contributed by atoms with van der Waals surface area (Å²) in [4.78, 5) is 36.7. The number of carbonyl (C=O) groups is 2. The number of para-hydroxylation sites is 1. The van der Waals surface area contributed by atoms with Gasteiger partial charge in [-0.15, -0.1) is 0 Å². The zero-order chi connectivity index (χ0) is 23.2. The van der Waals surface area contributed by atoms with E-state index < -0.39 is 40.8 Å². The van der Waals surface area contributed by atoms with Gasteiger partial charge < -0.3 is 15.0 Å². The molecule has 166 valence electrons. The molecule has 0 unspecified atom stereocenters. The summed E-state index contributed by atoms with van der Waals surface area (Å²) in [5.74, 6) is -2.00. The smallest absolute Gasteiger partial charge is 0.418 e. The number of hydrogen-bond donors (Lipinski definition) is 1. The van der Waals surface area contributed by atoms with Crippen LogP contribution in [-0.4, -0.2) is 36.5 Å². The molecule has 0 aliphatic carbocycles. The van der Waals surface area contributed by atoms with Crippen LogP contribution in [0.5, 0.6) is 0 Å². The third kappa shape index (κ3) is 5.93. The molecule has 2 aromatic carbocycles. The number of nitro groups is 1. The molecule has 0 atom stereocenters. The molecule has 8 nitrogen and oxygen atoms in total. The van der Waals surface area contributed by atoms with Gasteiger partial charge >= 0.3 is 12.1 Å². The lowest BCUT2D eigenvalue weighted by molar-refractivity contribution is -0.384. The molecule has 0 radical (unpaired) electrons. The molecular weight excluding hydrogens is 419 g/mol. The number of esters is 1. The number of nitro benzene ring substituents is 1. The molecule has 0 bridgehead atoms. The minimum Gasteiger partial charge on any atom is -0.452 e. The van der Waals surface area contributed by atoms with E-state index in [1.165, 1.54) is 24.3 Å². The van der Waals surface area contributed by atoms with E-state index in [1.807, 2.05) is 13.8 Å². The molecule has 0 aromatic heterocycles. The van der Waals surface area contributed by atoms with Gasteiger partial charge in [-0.3, -0.25) is 14.9 Å². The number of halogens is 3. The number of anilines is 2. The summed E-state index contributed by atoms with van der Waals surface area (Å²) in [5.41, 5.74) is -1.61. The van der Waals surface area contributed by atoms with E-state index in [2.05, 4.69) is 5.32 Å². The van der Waals surface area contributed by atoms with Crippen LogP contribution in [0.3, 0.4) is 0 Å². The van der Waals surface area contributed by atoms with Crippen molar-refractivity contribution in [2.75, 3.05) is 29.9 Å². The SMILES string of the molecule is CCN(CC)c1ccc([N+](=O)[O-])cc1C(=O)OCC(=O)Nc1ccccc1C(F)(F)F. The molecule has 0 saturated carbocycles. The van der Waals surface area contributed by atoms with Gasteiger partial charge in [-0.2, -0.15) is 13.2 Å². The molecule has 1 N–H and O–H groups in total. The summed E-state index contributed by atoms with van der Waals surface area (Å²) in [6, 6.07) is 8.05. The fourth-order valence-corrected chi connectivity index (χ4v) is 2.88. The van der Waals surface area contributed by atoms with E-state index in [9.17, 15) is 32.9 Å². The molecule has 1 amide bonds. The zero-order valence-corrected chi connectivity index (χ0v) is 16.7. The zero-order valence-electron chi connectivity index (χ0n) is 16.7. The number of benzene rings is 2. The summed E-state index contributed by atoms with van der Waals surface area (Å²) >= 11 is 0. The Kier molecular flexibility index (Phi) is 7.56. The molecule has 2 rings (SSSR count). The van der Waals surface area contributed by atoms with E-state index >= 15 is 0 Å². The number of alkyl halides is 3. The van der Waals surface area contributed by atoms with Crippen molar-refractivity contribution in [1.82, 2.24) is 0 Å². The maximum Gasteiger partial charge on any atom is 0.418 e. The van der Waals surface area contributed by atoms with E-state index in [0.717, 1.165) is 18.2 Å². The van der Waals surface area contributed by atoms with Gasteiger partial charge in [0, 0.05) is 25.2 Å². The van der Waals surface area contributed by atoms with Crippen molar-refractivity contribution in [2.24, 2.45) is 0 Å². The number of ether oxygens (including phenoxy) is 1. The van der Waals surface area contributed by atoms with Gasteiger partial charge in [-0.1, -0.05) is 12.1 Å². The normalized spacial score (nSPS) is 11.0. The summed E-state index contributed by atoms with van der Waals surface area (Å²) < 4.78 is 44.0. The van der Waals surface area contributed by atoms with Gasteiger partial charge in [0.25, 0.3) is 11.6 Å². The van der Waals surface area contributed by atoms with Crippen molar-refractivity contribution in [2.45, 2.75) is 20.0 Å². The van der Waals surface area contributed by atoms with Crippen molar-refractivity contribution in [3.8, 4) is 0 Å². The monoisotopic (exact) mass is 439 g/mol. The molecule has 2 aromatic rings. The molecule has 0 spiro atoms. The molecule has 0 aliphatic heterocycles. The van der Waals surface area contributed by atoms with Crippen LogP contribution in [0.25, 0.3) is 0 Å². The predicted molar refractivity (Wildman–Crippen MR) is 107 cm³/mol. The molecule has 0 saturated heterocycles. The summed E-state index contributed by atoms with van der Waals surface area (Å²) in [7, 11) is 0. The van der Waals surface area contributed by atoms with Crippen LogP contribution in [-0.2, 0) is 15.7 Å². The van der Waals surface area contributed by atoms with Crippen LogP contribution in [0.2, 0.25) is 0 Å². The van der Waals surface area contributed by atoms with Crippen molar-refractivity contribution < 1.29 is 32.4 Å². The first-order valence-electron chi connectivity index (χ1n) is 9.25. The second-order valence-corrected chi connectivity index (χ2v) is 6.30. The average Bonchev–Trinajstić information content (AvgIpc) is 2.72. The number of rotatable bonds is 8. The fraction of sp³-hybridized carbons (Fsp3) is 0.300. The molecule has 11 heteroatoms. The molecule has 0 heterocycles. The molecular formula is C20H20F3N3O5. The highest BCUT2D eigenvalue weighted by molar-refractivity contribution is 5.99. The van der Waals surface area contributed by atoms with Crippen LogP contribution < -0.4 is 10.2 Å².